The van der Waals surface area contributed by atoms with E-state index in [0.717, 1.165) is 54.4 Å². The van der Waals surface area contributed by atoms with Gasteiger partial charge in [-0.25, -0.2) is 22.6 Å². The number of nitrogens with zero attached hydrogens (tertiary/aromatic N) is 10. The number of hydrogen-bond acceptors (Lipinski definition) is 13. The van der Waals surface area contributed by atoms with Gasteiger partial charge in [0.1, 0.15) is 17.8 Å². The number of rotatable bonds is 11. The molecule has 2 aliphatic heterocycles. The average molecular weight is 848 g/mol. The summed E-state index contributed by atoms with van der Waals surface area (Å²) in [5.41, 5.74) is 4.25. The molecule has 0 radical (unpaired) electrons. The number of ether oxygens (including phenoxy) is 1. The van der Waals surface area contributed by atoms with Crippen LogP contribution in [0.1, 0.15) is 38.8 Å². The number of imide groups is 1. The molecule has 3 aromatic carbocycles. The first-order chi connectivity index (χ1) is 29.3. The summed E-state index contributed by atoms with van der Waals surface area (Å²) < 4.78 is 52.7. The third-order valence-corrected chi connectivity index (χ3v) is 12.7. The number of amides is 3. The number of aromatic nitrogens is 8. The van der Waals surface area contributed by atoms with Crippen LogP contribution in [0.3, 0.4) is 0 Å². The summed E-state index contributed by atoms with van der Waals surface area (Å²) in [4.78, 5) is 39.2. The molecule has 2 saturated heterocycles. The lowest BCUT2D eigenvalue weighted by Gasteiger charge is -2.39. The molecule has 18 nitrogen and oxygen atoms in total. The SMILES string of the molecule is CC(C)Oc1c(-c2cn[nH]c2)ncn2nc(Nc3ccc(S(=O)(=O)c4cccc([C@@H](C)N5CCN(c6ccc7c(N8CCC(=O)NC8=O)nn(C)c7c6)CC5)c4)cc3F)nc12. The fourth-order valence-electron chi connectivity index (χ4n) is 7.75. The molecule has 6 heterocycles. The number of aryl methyl sites for hydroxylation is 1. The second-order valence-electron chi connectivity index (χ2n) is 15.2. The predicted octanol–water partition coefficient (Wildman–Crippen LogP) is 5.23. The Balaban J connectivity index is 0.873. The minimum absolute atomic E-state index is 0.0130. The highest BCUT2D eigenvalue weighted by atomic mass is 32.2. The molecule has 2 fully saturated rings. The fraction of sp³-hybridized carbons (Fsp3) is 0.293. The number of halogens is 1. The van der Waals surface area contributed by atoms with E-state index in [0.29, 0.717) is 28.5 Å². The van der Waals surface area contributed by atoms with Crippen LogP contribution in [0.25, 0.3) is 27.8 Å². The van der Waals surface area contributed by atoms with Crippen molar-refractivity contribution >= 4 is 61.5 Å². The number of aromatic amines is 1. The Morgan fingerprint density at radius 2 is 1.74 bits per heavy atom. The van der Waals surface area contributed by atoms with E-state index in [1.165, 1.54) is 33.9 Å². The van der Waals surface area contributed by atoms with Crippen LogP contribution in [0.4, 0.5) is 32.3 Å². The molecule has 9 rings (SSSR count). The van der Waals surface area contributed by atoms with Gasteiger partial charge in [0, 0.05) is 75.1 Å². The molecule has 61 heavy (non-hydrogen) atoms. The van der Waals surface area contributed by atoms with Crippen LogP contribution in [-0.4, -0.2) is 104 Å². The van der Waals surface area contributed by atoms with E-state index in [4.69, 9.17) is 4.74 Å². The van der Waals surface area contributed by atoms with Crippen LogP contribution in [0, 0.1) is 5.82 Å². The molecule has 2 aliphatic rings. The highest BCUT2D eigenvalue weighted by Gasteiger charge is 2.30. The Labute approximate surface area is 349 Å². The third kappa shape index (κ3) is 7.48. The summed E-state index contributed by atoms with van der Waals surface area (Å²) in [6, 6.07) is 16.0. The fourth-order valence-corrected chi connectivity index (χ4v) is 9.08. The maximum absolute atomic E-state index is 15.7. The maximum Gasteiger partial charge on any atom is 0.329 e. The number of H-pyrrole nitrogens is 1. The smallest absolute Gasteiger partial charge is 0.329 e. The van der Waals surface area contributed by atoms with Gasteiger partial charge in [-0.05, 0) is 74.9 Å². The van der Waals surface area contributed by atoms with Crippen molar-refractivity contribution in [1.29, 1.82) is 0 Å². The number of nitrogens with one attached hydrogen (secondary N) is 3. The van der Waals surface area contributed by atoms with Crippen molar-refractivity contribution in [3.8, 4) is 17.0 Å². The lowest BCUT2D eigenvalue weighted by molar-refractivity contribution is -0.120. The van der Waals surface area contributed by atoms with Gasteiger partial charge in [-0.2, -0.15) is 19.7 Å². The van der Waals surface area contributed by atoms with Gasteiger partial charge in [0.05, 0.1) is 33.3 Å². The molecule has 3 amide bonds. The topological polar surface area (TPSA) is 201 Å². The van der Waals surface area contributed by atoms with Crippen LogP contribution in [-0.2, 0) is 21.7 Å². The Bertz CT molecular complexity index is 2920. The second-order valence-corrected chi connectivity index (χ2v) is 17.2. The highest BCUT2D eigenvalue weighted by molar-refractivity contribution is 7.91. The molecule has 0 unspecified atom stereocenters. The van der Waals surface area contributed by atoms with E-state index >= 15 is 4.39 Å². The molecule has 1 atom stereocenters. The summed E-state index contributed by atoms with van der Waals surface area (Å²) in [6.45, 7) is 8.98. The molecule has 0 aliphatic carbocycles. The van der Waals surface area contributed by atoms with E-state index in [9.17, 15) is 18.0 Å². The first kappa shape index (κ1) is 39.5. The predicted molar refractivity (Wildman–Crippen MR) is 224 cm³/mol. The van der Waals surface area contributed by atoms with E-state index in [1.54, 1.807) is 29.2 Å². The van der Waals surface area contributed by atoms with E-state index < -0.39 is 21.7 Å². The van der Waals surface area contributed by atoms with Crippen molar-refractivity contribution in [3.63, 3.8) is 0 Å². The quantitative estimate of drug-likeness (QED) is 0.153. The molecule has 0 spiro atoms. The van der Waals surface area contributed by atoms with Crippen molar-refractivity contribution in [2.75, 3.05) is 47.8 Å². The maximum atomic E-state index is 15.7. The molecule has 20 heteroatoms. The van der Waals surface area contributed by atoms with Crippen molar-refractivity contribution in [2.24, 2.45) is 7.05 Å². The Hall–Kier alpha value is -6.93. The van der Waals surface area contributed by atoms with Gasteiger partial charge < -0.3 is 15.0 Å². The number of piperazine rings is 1. The van der Waals surface area contributed by atoms with Crippen LogP contribution in [0.15, 0.2) is 89.2 Å². The molecule has 7 aromatic rings. The number of urea groups is 1. The number of anilines is 4. The molecule has 3 N–H and O–H groups in total. The number of sulfone groups is 1. The minimum atomic E-state index is -4.09. The van der Waals surface area contributed by atoms with Crippen molar-refractivity contribution in [1.82, 2.24) is 49.8 Å². The first-order valence-corrected chi connectivity index (χ1v) is 21.2. The minimum Gasteiger partial charge on any atom is -0.485 e. The van der Waals surface area contributed by atoms with E-state index in [1.807, 2.05) is 39.1 Å². The van der Waals surface area contributed by atoms with E-state index in [-0.39, 0.29) is 52.4 Å². The van der Waals surface area contributed by atoms with Crippen LogP contribution >= 0.6 is 0 Å². The van der Waals surface area contributed by atoms with Crippen molar-refractivity contribution in [3.05, 3.63) is 90.8 Å². The van der Waals surface area contributed by atoms with Crippen LogP contribution in [0.5, 0.6) is 5.75 Å². The zero-order valence-corrected chi connectivity index (χ0v) is 34.5. The van der Waals surface area contributed by atoms with Gasteiger partial charge in [0.2, 0.25) is 27.3 Å². The first-order valence-electron chi connectivity index (χ1n) is 19.7. The number of carbonyl (C=O) groups is 2. The van der Waals surface area contributed by atoms with Gasteiger partial charge in [-0.1, -0.05) is 12.1 Å². The summed E-state index contributed by atoms with van der Waals surface area (Å²) in [5.74, 6) is -0.144. The molecular weight excluding hydrogens is 806 g/mol. The molecular formula is C41H42FN13O5S. The number of carbonyl (C=O) groups excluding carboxylic acids is 2. The molecule has 4 aromatic heterocycles. The summed E-state index contributed by atoms with van der Waals surface area (Å²) >= 11 is 0. The Kier molecular flexibility index (Phi) is 10.1. The van der Waals surface area contributed by atoms with Crippen molar-refractivity contribution < 1.29 is 27.1 Å². The van der Waals surface area contributed by atoms with Gasteiger partial charge in [0.15, 0.2) is 11.6 Å². The lowest BCUT2D eigenvalue weighted by Crippen LogP contribution is -2.49. The van der Waals surface area contributed by atoms with E-state index in [2.05, 4.69) is 63.8 Å². The highest BCUT2D eigenvalue weighted by Crippen LogP contribution is 2.35. The Morgan fingerprint density at radius 3 is 2.48 bits per heavy atom. The van der Waals surface area contributed by atoms with Crippen LogP contribution < -0.4 is 25.2 Å². The average Bonchev–Trinajstić information content (AvgIpc) is 4.01. The number of fused-ring (bicyclic) bond motifs is 2. The molecule has 314 valence electrons. The monoisotopic (exact) mass is 847 g/mol. The van der Waals surface area contributed by atoms with Gasteiger partial charge in [-0.3, -0.25) is 29.7 Å². The van der Waals surface area contributed by atoms with Gasteiger partial charge in [-0.15, -0.1) is 5.10 Å². The normalized spacial score (nSPS) is 15.8. The summed E-state index contributed by atoms with van der Waals surface area (Å²) in [7, 11) is -2.26. The number of hydrogen-bond donors (Lipinski definition) is 3. The van der Waals surface area contributed by atoms with Crippen molar-refractivity contribution in [2.45, 2.75) is 49.1 Å². The largest absolute Gasteiger partial charge is 0.485 e. The summed E-state index contributed by atoms with van der Waals surface area (Å²) in [5, 5.41) is 21.8. The zero-order valence-electron chi connectivity index (χ0n) is 33.7. The lowest BCUT2D eigenvalue weighted by atomic mass is 10.1. The Morgan fingerprint density at radius 1 is 0.934 bits per heavy atom. The van der Waals surface area contributed by atoms with Gasteiger partial charge in [0.25, 0.3) is 0 Å². The second kappa shape index (κ2) is 15.6. The zero-order chi connectivity index (χ0) is 42.6. The summed E-state index contributed by atoms with van der Waals surface area (Å²) in [6.07, 6.45) is 4.78. The molecule has 0 saturated carbocycles. The number of benzene rings is 3. The standard InChI is InChI=1S/C41H42FN13O5S/c1-24(2)60-37-36(27-21-44-45-22-27)43-23-55-39(37)48-40(50-55)46-33-11-9-30(20-32(33)42)61(58,59)29-7-5-6-26(18-29)25(3)52-14-16-53(17-15-52)28-8-10-31-34(19-28)51(4)49-38(31)54-13-12-35(56)47-41(54)57/h5-11,18-25H,12-17H2,1-4H3,(H,44,45)(H,46,50)(H,47,56,57)/t25-/m1/s1. The molecule has 0 bridgehead atoms. The van der Waals surface area contributed by atoms with Gasteiger partial charge >= 0.3 is 6.03 Å². The third-order valence-electron chi connectivity index (χ3n) is 11.0. The van der Waals surface area contributed by atoms with Crippen LogP contribution in [0.2, 0.25) is 0 Å².